The van der Waals surface area contributed by atoms with Crippen molar-refractivity contribution in [1.82, 2.24) is 0 Å². The Kier molecular flexibility index (Phi) is 7.02. The summed E-state index contributed by atoms with van der Waals surface area (Å²) in [6, 6.07) is 18.6. The molecule has 0 aliphatic carbocycles. The van der Waals surface area contributed by atoms with Gasteiger partial charge in [0.05, 0.1) is 4.90 Å². The highest BCUT2D eigenvalue weighted by molar-refractivity contribution is 9.10. The van der Waals surface area contributed by atoms with Crippen LogP contribution >= 0.6 is 15.9 Å². The quantitative estimate of drug-likeness (QED) is 0.497. The van der Waals surface area contributed by atoms with Gasteiger partial charge in [0.15, 0.2) is 6.61 Å². The molecule has 0 saturated carbocycles. The average Bonchev–Trinajstić information content (AvgIpc) is 2.75. The van der Waals surface area contributed by atoms with Gasteiger partial charge in [-0.2, -0.15) is 0 Å². The summed E-state index contributed by atoms with van der Waals surface area (Å²) in [6.45, 7) is 3.85. The maximum atomic E-state index is 12.5. The predicted octanol–water partition coefficient (Wildman–Crippen LogP) is 4.91. The van der Waals surface area contributed by atoms with E-state index in [1.54, 1.807) is 31.3 Å². The zero-order chi connectivity index (χ0) is 22.6. The number of rotatable bonds is 7. The topological polar surface area (TPSA) is 75.7 Å². The average molecular weight is 503 g/mol. The molecule has 162 valence electrons. The molecule has 0 heterocycles. The van der Waals surface area contributed by atoms with Gasteiger partial charge in [0.2, 0.25) is 0 Å². The molecule has 0 aromatic heterocycles. The number of carbonyl (C=O) groups is 1. The van der Waals surface area contributed by atoms with Crippen LogP contribution in [0, 0.1) is 13.8 Å². The molecular formula is C23H23BrN2O4S. The number of halogens is 1. The van der Waals surface area contributed by atoms with Crippen molar-refractivity contribution in [2.45, 2.75) is 18.7 Å². The number of nitrogens with zero attached hydrogens (tertiary/aromatic N) is 1. The molecule has 0 unspecified atom stereocenters. The van der Waals surface area contributed by atoms with Crippen LogP contribution in [0.1, 0.15) is 11.1 Å². The second-order valence-corrected chi connectivity index (χ2v) is 9.69. The van der Waals surface area contributed by atoms with E-state index in [1.165, 1.54) is 29.2 Å². The minimum Gasteiger partial charge on any atom is -0.484 e. The summed E-state index contributed by atoms with van der Waals surface area (Å²) in [5.74, 6) is 0.196. The number of carbonyl (C=O) groups excluding carboxylic acids is 1. The first-order valence-electron chi connectivity index (χ1n) is 9.51. The summed E-state index contributed by atoms with van der Waals surface area (Å²) in [4.78, 5) is 14.1. The van der Waals surface area contributed by atoms with Crippen molar-refractivity contribution in [2.24, 2.45) is 0 Å². The van der Waals surface area contributed by atoms with E-state index in [-0.39, 0.29) is 17.4 Å². The molecule has 0 spiro atoms. The third-order valence-corrected chi connectivity index (χ3v) is 6.77. The fraction of sp³-hybridized carbons (Fsp3) is 0.174. The number of sulfonamides is 1. The fourth-order valence-electron chi connectivity index (χ4n) is 2.77. The standard InChI is InChI=1S/C23H23BrN2O4S/c1-16-4-9-20(14-17(16)2)26(3)23(27)15-30-21-10-12-22(13-11-21)31(28,29)25-19-7-5-18(24)6-8-19/h4-14,25H,15H2,1-3H3. The fourth-order valence-corrected chi connectivity index (χ4v) is 4.09. The van der Waals surface area contributed by atoms with Crippen molar-refractivity contribution in [3.63, 3.8) is 0 Å². The zero-order valence-electron chi connectivity index (χ0n) is 17.4. The number of aryl methyl sites for hydroxylation is 2. The smallest absolute Gasteiger partial charge is 0.264 e. The third kappa shape index (κ3) is 5.86. The van der Waals surface area contributed by atoms with E-state index in [2.05, 4.69) is 20.7 Å². The Bertz CT molecular complexity index is 1180. The summed E-state index contributed by atoms with van der Waals surface area (Å²) in [6.07, 6.45) is 0. The van der Waals surface area contributed by atoms with Crippen LogP contribution in [0.4, 0.5) is 11.4 Å². The number of hydrogen-bond acceptors (Lipinski definition) is 4. The van der Waals surface area contributed by atoms with Crippen molar-refractivity contribution < 1.29 is 17.9 Å². The van der Waals surface area contributed by atoms with Gasteiger partial charge in [0.1, 0.15) is 5.75 Å². The van der Waals surface area contributed by atoms with Crippen LogP contribution in [-0.4, -0.2) is 28.0 Å². The van der Waals surface area contributed by atoms with Crippen LogP contribution in [0.2, 0.25) is 0 Å². The van der Waals surface area contributed by atoms with Gasteiger partial charge in [-0.05, 0) is 85.6 Å². The molecule has 0 aliphatic rings. The lowest BCUT2D eigenvalue weighted by Gasteiger charge is -2.19. The van der Waals surface area contributed by atoms with Gasteiger partial charge in [-0.25, -0.2) is 8.42 Å². The molecule has 0 aliphatic heterocycles. The highest BCUT2D eigenvalue weighted by Gasteiger charge is 2.15. The van der Waals surface area contributed by atoms with Gasteiger partial charge in [-0.15, -0.1) is 0 Å². The van der Waals surface area contributed by atoms with E-state index in [9.17, 15) is 13.2 Å². The molecule has 1 N–H and O–H groups in total. The lowest BCUT2D eigenvalue weighted by molar-refractivity contribution is -0.120. The zero-order valence-corrected chi connectivity index (χ0v) is 19.8. The molecule has 0 fully saturated rings. The summed E-state index contributed by atoms with van der Waals surface area (Å²) >= 11 is 3.31. The van der Waals surface area contributed by atoms with Gasteiger partial charge in [0.25, 0.3) is 15.9 Å². The van der Waals surface area contributed by atoms with Crippen LogP contribution < -0.4 is 14.4 Å². The SMILES string of the molecule is Cc1ccc(N(C)C(=O)COc2ccc(S(=O)(=O)Nc3ccc(Br)cc3)cc2)cc1C. The van der Waals surface area contributed by atoms with E-state index >= 15 is 0 Å². The summed E-state index contributed by atoms with van der Waals surface area (Å²) in [5, 5.41) is 0. The van der Waals surface area contributed by atoms with E-state index in [0.717, 1.165) is 21.3 Å². The summed E-state index contributed by atoms with van der Waals surface area (Å²) in [5.41, 5.74) is 3.51. The minimum absolute atomic E-state index is 0.0985. The number of nitrogens with one attached hydrogen (secondary N) is 1. The van der Waals surface area contributed by atoms with Crippen LogP contribution in [-0.2, 0) is 14.8 Å². The third-order valence-electron chi connectivity index (χ3n) is 4.84. The number of anilines is 2. The molecule has 0 bridgehead atoms. The number of hydrogen-bond donors (Lipinski definition) is 1. The molecule has 0 radical (unpaired) electrons. The Hall–Kier alpha value is -2.84. The van der Waals surface area contributed by atoms with Gasteiger partial charge in [-0.1, -0.05) is 22.0 Å². The van der Waals surface area contributed by atoms with Gasteiger partial charge < -0.3 is 9.64 Å². The van der Waals surface area contributed by atoms with E-state index in [4.69, 9.17) is 4.74 Å². The highest BCUT2D eigenvalue weighted by atomic mass is 79.9. The Morgan fingerprint density at radius 1 is 0.968 bits per heavy atom. The largest absolute Gasteiger partial charge is 0.484 e. The normalized spacial score (nSPS) is 11.1. The summed E-state index contributed by atoms with van der Waals surface area (Å²) in [7, 11) is -2.03. The molecule has 8 heteroatoms. The second-order valence-electron chi connectivity index (χ2n) is 7.09. The van der Waals surface area contributed by atoms with Crippen molar-refractivity contribution in [2.75, 3.05) is 23.3 Å². The van der Waals surface area contributed by atoms with Crippen molar-refractivity contribution in [3.05, 3.63) is 82.3 Å². The number of benzene rings is 3. The number of ether oxygens (including phenoxy) is 1. The van der Waals surface area contributed by atoms with Crippen molar-refractivity contribution in [1.29, 1.82) is 0 Å². The van der Waals surface area contributed by atoms with Crippen LogP contribution in [0.5, 0.6) is 5.75 Å². The number of likely N-dealkylation sites (N-methyl/N-ethyl adjacent to an activating group) is 1. The first kappa shape index (κ1) is 22.8. The molecule has 6 nitrogen and oxygen atoms in total. The van der Waals surface area contributed by atoms with Crippen molar-refractivity contribution in [3.8, 4) is 5.75 Å². The molecule has 31 heavy (non-hydrogen) atoms. The van der Waals surface area contributed by atoms with E-state index in [0.29, 0.717) is 11.4 Å². The predicted molar refractivity (Wildman–Crippen MR) is 126 cm³/mol. The lowest BCUT2D eigenvalue weighted by atomic mass is 10.1. The molecular weight excluding hydrogens is 480 g/mol. The Balaban J connectivity index is 1.61. The van der Waals surface area contributed by atoms with Crippen LogP contribution in [0.25, 0.3) is 0 Å². The van der Waals surface area contributed by atoms with Gasteiger partial charge in [0, 0.05) is 22.9 Å². The number of amides is 1. The Morgan fingerprint density at radius 3 is 2.23 bits per heavy atom. The summed E-state index contributed by atoms with van der Waals surface area (Å²) < 4.78 is 34.0. The Labute approximate surface area is 191 Å². The minimum atomic E-state index is -3.73. The molecule has 3 aromatic carbocycles. The second kappa shape index (κ2) is 9.53. The maximum absolute atomic E-state index is 12.5. The molecule has 1 amide bonds. The van der Waals surface area contributed by atoms with Gasteiger partial charge >= 0.3 is 0 Å². The molecule has 0 saturated heterocycles. The first-order chi connectivity index (χ1) is 14.7. The van der Waals surface area contributed by atoms with Crippen molar-refractivity contribution >= 4 is 43.2 Å². The molecule has 3 aromatic rings. The maximum Gasteiger partial charge on any atom is 0.264 e. The van der Waals surface area contributed by atoms with Crippen LogP contribution in [0.15, 0.2) is 76.1 Å². The van der Waals surface area contributed by atoms with E-state index in [1.807, 2.05) is 32.0 Å². The van der Waals surface area contributed by atoms with Crippen LogP contribution in [0.3, 0.4) is 0 Å². The monoisotopic (exact) mass is 502 g/mol. The van der Waals surface area contributed by atoms with Gasteiger partial charge in [-0.3, -0.25) is 9.52 Å². The molecule has 3 rings (SSSR count). The van der Waals surface area contributed by atoms with E-state index < -0.39 is 10.0 Å². The molecule has 0 atom stereocenters. The first-order valence-corrected chi connectivity index (χ1v) is 11.8. The Morgan fingerprint density at radius 2 is 1.61 bits per heavy atom. The highest BCUT2D eigenvalue weighted by Crippen LogP contribution is 2.22. The lowest BCUT2D eigenvalue weighted by Crippen LogP contribution is -2.31.